The van der Waals surface area contributed by atoms with Crippen LogP contribution >= 0.6 is 11.6 Å². The Kier molecular flexibility index (Phi) is 5.76. The maximum Gasteiger partial charge on any atom is 0.260 e. The molecule has 0 spiro atoms. The van der Waals surface area contributed by atoms with Gasteiger partial charge in [0.25, 0.3) is 5.91 Å². The molecule has 2 aromatic carbocycles. The van der Waals surface area contributed by atoms with Gasteiger partial charge in [-0.3, -0.25) is 4.79 Å². The number of nitrogens with zero attached hydrogens (tertiary/aromatic N) is 3. The summed E-state index contributed by atoms with van der Waals surface area (Å²) in [7, 11) is 1.66. The third-order valence-electron chi connectivity index (χ3n) is 4.06. The summed E-state index contributed by atoms with van der Waals surface area (Å²) in [6.07, 6.45) is 0. The summed E-state index contributed by atoms with van der Waals surface area (Å²) in [5.41, 5.74) is 2.65. The van der Waals surface area contributed by atoms with E-state index in [-0.39, 0.29) is 19.1 Å². The van der Waals surface area contributed by atoms with Crippen molar-refractivity contribution in [3.05, 3.63) is 64.5 Å². The van der Waals surface area contributed by atoms with Gasteiger partial charge in [0, 0.05) is 17.6 Å². The van der Waals surface area contributed by atoms with Crippen LogP contribution in [0.3, 0.4) is 0 Å². The predicted molar refractivity (Wildman–Crippen MR) is 103 cm³/mol. The molecule has 0 bridgehead atoms. The van der Waals surface area contributed by atoms with Crippen molar-refractivity contribution in [3.63, 3.8) is 0 Å². The van der Waals surface area contributed by atoms with Crippen molar-refractivity contribution in [1.29, 1.82) is 0 Å². The number of amides is 1. The molecule has 7 heteroatoms. The summed E-state index contributed by atoms with van der Waals surface area (Å²) in [6, 6.07) is 13.1. The number of carbonyl (C=O) groups excluding carboxylic acids is 1. The van der Waals surface area contributed by atoms with Crippen LogP contribution in [-0.4, -0.2) is 34.7 Å². The summed E-state index contributed by atoms with van der Waals surface area (Å²) < 4.78 is 11.2. The van der Waals surface area contributed by atoms with E-state index in [9.17, 15) is 4.79 Å². The first kappa shape index (κ1) is 18.9. The van der Waals surface area contributed by atoms with Crippen LogP contribution in [0.1, 0.15) is 17.0 Å². The molecule has 0 unspecified atom stereocenters. The summed E-state index contributed by atoms with van der Waals surface area (Å²) in [4.78, 5) is 13.8. The lowest BCUT2D eigenvalue weighted by Gasteiger charge is -2.16. The van der Waals surface area contributed by atoms with Gasteiger partial charge in [0.15, 0.2) is 6.61 Å². The molecule has 0 aliphatic carbocycles. The number of likely N-dealkylation sites (N-methyl/N-ethyl adjacent to an activating group) is 1. The Morgan fingerprint density at radius 1 is 1.15 bits per heavy atom. The van der Waals surface area contributed by atoms with Gasteiger partial charge in [-0.05, 0) is 49.2 Å². The molecule has 0 fully saturated rings. The van der Waals surface area contributed by atoms with Crippen molar-refractivity contribution in [3.8, 4) is 17.2 Å². The van der Waals surface area contributed by atoms with Crippen LogP contribution in [0.4, 0.5) is 0 Å². The molecular formula is C20H20ClN3O3. The van der Waals surface area contributed by atoms with E-state index in [0.29, 0.717) is 22.6 Å². The number of benzene rings is 2. The van der Waals surface area contributed by atoms with E-state index in [2.05, 4.69) is 10.2 Å². The van der Waals surface area contributed by atoms with Crippen molar-refractivity contribution in [2.24, 2.45) is 0 Å². The van der Waals surface area contributed by atoms with Crippen LogP contribution in [-0.2, 0) is 11.3 Å². The highest BCUT2D eigenvalue weighted by molar-refractivity contribution is 6.32. The molecule has 0 atom stereocenters. The summed E-state index contributed by atoms with van der Waals surface area (Å²) in [6.45, 7) is 3.92. The predicted octanol–water partition coefficient (Wildman–Crippen LogP) is 4.04. The standard InChI is InChI=1S/C20H20ClN3O3/c1-13-9-16(10-14(2)19(13)21)26-12-18(25)24(3)11-17-22-23-20(27-17)15-7-5-4-6-8-15/h4-10H,11-12H2,1-3H3. The highest BCUT2D eigenvalue weighted by atomic mass is 35.5. The number of ether oxygens (including phenoxy) is 1. The highest BCUT2D eigenvalue weighted by Crippen LogP contribution is 2.26. The minimum Gasteiger partial charge on any atom is -0.484 e. The average Bonchev–Trinajstić information content (AvgIpc) is 3.13. The van der Waals surface area contributed by atoms with Crippen molar-refractivity contribution in [2.45, 2.75) is 20.4 Å². The van der Waals surface area contributed by atoms with E-state index in [0.717, 1.165) is 16.7 Å². The maximum atomic E-state index is 12.3. The van der Waals surface area contributed by atoms with Crippen molar-refractivity contribution in [2.75, 3.05) is 13.7 Å². The topological polar surface area (TPSA) is 68.5 Å². The van der Waals surface area contributed by atoms with Gasteiger partial charge in [-0.25, -0.2) is 0 Å². The summed E-state index contributed by atoms with van der Waals surface area (Å²) in [5, 5.41) is 8.73. The zero-order chi connectivity index (χ0) is 19.4. The van der Waals surface area contributed by atoms with E-state index in [1.54, 1.807) is 7.05 Å². The van der Waals surface area contributed by atoms with Crippen LogP contribution in [0.2, 0.25) is 5.02 Å². The lowest BCUT2D eigenvalue weighted by atomic mass is 10.1. The normalized spacial score (nSPS) is 10.7. The summed E-state index contributed by atoms with van der Waals surface area (Å²) >= 11 is 6.15. The fourth-order valence-electron chi connectivity index (χ4n) is 2.55. The number of hydrogen-bond acceptors (Lipinski definition) is 5. The van der Waals surface area contributed by atoms with Gasteiger partial charge in [0.1, 0.15) is 5.75 Å². The van der Waals surface area contributed by atoms with E-state index >= 15 is 0 Å². The Morgan fingerprint density at radius 3 is 2.48 bits per heavy atom. The number of aromatic nitrogens is 2. The van der Waals surface area contributed by atoms with Gasteiger partial charge < -0.3 is 14.1 Å². The van der Waals surface area contributed by atoms with Crippen LogP contribution in [0.25, 0.3) is 11.5 Å². The van der Waals surface area contributed by atoms with Gasteiger partial charge >= 0.3 is 0 Å². The van der Waals surface area contributed by atoms with E-state index in [1.165, 1.54) is 4.90 Å². The third kappa shape index (κ3) is 4.65. The van der Waals surface area contributed by atoms with Crippen LogP contribution < -0.4 is 4.74 Å². The van der Waals surface area contributed by atoms with Gasteiger partial charge in [-0.15, -0.1) is 10.2 Å². The molecule has 1 amide bonds. The molecule has 0 saturated carbocycles. The van der Waals surface area contributed by atoms with Gasteiger partial charge in [-0.2, -0.15) is 0 Å². The number of halogens is 1. The highest BCUT2D eigenvalue weighted by Gasteiger charge is 2.15. The molecule has 0 radical (unpaired) electrons. The van der Waals surface area contributed by atoms with Crippen molar-refractivity contribution >= 4 is 17.5 Å². The van der Waals surface area contributed by atoms with Crippen LogP contribution in [0, 0.1) is 13.8 Å². The number of carbonyl (C=O) groups is 1. The SMILES string of the molecule is Cc1cc(OCC(=O)N(C)Cc2nnc(-c3ccccc3)o2)cc(C)c1Cl. The number of aryl methyl sites for hydroxylation is 2. The Morgan fingerprint density at radius 2 is 1.81 bits per heavy atom. The monoisotopic (exact) mass is 385 g/mol. The quantitative estimate of drug-likeness (QED) is 0.640. The van der Waals surface area contributed by atoms with E-state index < -0.39 is 0 Å². The first-order chi connectivity index (χ1) is 12.9. The minimum absolute atomic E-state index is 0.0866. The average molecular weight is 386 g/mol. The van der Waals surface area contributed by atoms with Crippen molar-refractivity contribution in [1.82, 2.24) is 15.1 Å². The Balaban J connectivity index is 1.57. The minimum atomic E-state index is -0.195. The lowest BCUT2D eigenvalue weighted by Crippen LogP contribution is -2.31. The first-order valence-electron chi connectivity index (χ1n) is 8.45. The molecule has 1 aromatic heterocycles. The molecule has 3 rings (SSSR count). The van der Waals surface area contributed by atoms with E-state index in [1.807, 2.05) is 56.3 Å². The Bertz CT molecular complexity index is 918. The lowest BCUT2D eigenvalue weighted by molar-refractivity contribution is -0.132. The zero-order valence-corrected chi connectivity index (χ0v) is 16.2. The summed E-state index contributed by atoms with van der Waals surface area (Å²) in [5.74, 6) is 1.21. The molecule has 0 saturated heterocycles. The molecule has 140 valence electrons. The maximum absolute atomic E-state index is 12.3. The Labute approximate surface area is 162 Å². The fraction of sp³-hybridized carbons (Fsp3) is 0.250. The van der Waals surface area contributed by atoms with Crippen LogP contribution in [0.15, 0.2) is 46.9 Å². The second kappa shape index (κ2) is 8.22. The molecule has 0 aliphatic heterocycles. The second-order valence-corrected chi connectivity index (χ2v) is 6.65. The molecule has 27 heavy (non-hydrogen) atoms. The largest absolute Gasteiger partial charge is 0.484 e. The third-order valence-corrected chi connectivity index (χ3v) is 4.65. The first-order valence-corrected chi connectivity index (χ1v) is 8.83. The van der Waals surface area contributed by atoms with Crippen LogP contribution in [0.5, 0.6) is 5.75 Å². The second-order valence-electron chi connectivity index (χ2n) is 6.28. The van der Waals surface area contributed by atoms with Crippen molar-refractivity contribution < 1.29 is 13.9 Å². The molecular weight excluding hydrogens is 366 g/mol. The molecule has 6 nitrogen and oxygen atoms in total. The molecule has 0 aliphatic rings. The van der Waals surface area contributed by atoms with Gasteiger partial charge in [0.2, 0.25) is 11.8 Å². The number of hydrogen-bond donors (Lipinski definition) is 0. The van der Waals surface area contributed by atoms with E-state index in [4.69, 9.17) is 20.8 Å². The molecule has 0 N–H and O–H groups in total. The fourth-order valence-corrected chi connectivity index (χ4v) is 2.66. The molecule has 3 aromatic rings. The van der Waals surface area contributed by atoms with Gasteiger partial charge in [-0.1, -0.05) is 29.8 Å². The zero-order valence-electron chi connectivity index (χ0n) is 15.4. The van der Waals surface area contributed by atoms with Gasteiger partial charge in [0.05, 0.1) is 6.54 Å². The smallest absolute Gasteiger partial charge is 0.260 e. The number of rotatable bonds is 6. The molecule has 1 heterocycles. The Hall–Kier alpha value is -2.86.